The Hall–Kier alpha value is -8.34. The van der Waals surface area contributed by atoms with E-state index in [0.717, 1.165) is 56.7 Å². The number of anilines is 9. The second-order valence-corrected chi connectivity index (χ2v) is 15.4. The van der Waals surface area contributed by atoms with Gasteiger partial charge in [0.05, 0.1) is 16.7 Å². The number of fused-ring (bicyclic) bond motifs is 4. The van der Waals surface area contributed by atoms with Gasteiger partial charge in [0, 0.05) is 67.3 Å². The molecule has 0 fully saturated rings. The molecule has 0 radical (unpaired) electrons. The predicted molar refractivity (Wildman–Crippen MR) is 262 cm³/mol. The summed E-state index contributed by atoms with van der Waals surface area (Å²) in [6.07, 6.45) is 0. The molecule has 0 unspecified atom stereocenters. The lowest BCUT2D eigenvalue weighted by Crippen LogP contribution is -2.14. The van der Waals surface area contributed by atoms with Gasteiger partial charge >= 0.3 is 0 Å². The Bertz CT molecular complexity index is 3100. The molecule has 10 aromatic carbocycles. The Morgan fingerprint density at radius 3 is 1.10 bits per heavy atom. The minimum atomic E-state index is 1.04. The molecule has 0 saturated heterocycles. The van der Waals surface area contributed by atoms with E-state index in [0.29, 0.717) is 0 Å². The molecule has 4 heteroatoms. The standard InChI is InChI=1S/C58H42N4/c1-5-22-44(23-6-1)59(45-24-7-2-8-25-45)48-30-18-32-50(40-48)61(51-33-19-31-49(41-51)60(46-26-9-3-10-27-46)47-28-11-4-12-29-47)52-38-39-58-55(42-52)54-35-15-16-36-57(54)62(58)56-37-17-21-43-20-13-14-34-53(43)56/h1-42H. The molecule has 62 heavy (non-hydrogen) atoms. The van der Waals surface area contributed by atoms with Gasteiger partial charge in [-0.3, -0.25) is 0 Å². The smallest absolute Gasteiger partial charge is 0.0542 e. The molecular formula is C58H42N4. The fourth-order valence-corrected chi connectivity index (χ4v) is 8.96. The Morgan fingerprint density at radius 2 is 0.581 bits per heavy atom. The zero-order valence-electron chi connectivity index (χ0n) is 34.0. The second-order valence-electron chi connectivity index (χ2n) is 15.4. The summed E-state index contributed by atoms with van der Waals surface area (Å²) in [5.74, 6) is 0. The van der Waals surface area contributed by atoms with Crippen LogP contribution in [-0.2, 0) is 0 Å². The summed E-state index contributed by atoms with van der Waals surface area (Å²) in [4.78, 5) is 7.05. The summed E-state index contributed by atoms with van der Waals surface area (Å²) >= 11 is 0. The predicted octanol–water partition coefficient (Wildman–Crippen LogP) is 16.3. The van der Waals surface area contributed by atoms with Crippen LogP contribution in [0.25, 0.3) is 38.3 Å². The molecule has 0 atom stereocenters. The molecule has 1 heterocycles. The van der Waals surface area contributed by atoms with Gasteiger partial charge in [-0.15, -0.1) is 0 Å². The van der Waals surface area contributed by atoms with Gasteiger partial charge < -0.3 is 19.3 Å². The molecule has 0 aliphatic carbocycles. The van der Waals surface area contributed by atoms with Crippen molar-refractivity contribution < 1.29 is 0 Å². The largest absolute Gasteiger partial charge is 0.310 e. The SMILES string of the molecule is c1ccc(N(c2ccccc2)c2cccc(N(c3cccc(N(c4ccccc4)c4ccccc4)c3)c3ccc4c(c3)c3ccccc3n4-c3cccc4ccccc34)c2)cc1. The van der Waals surface area contributed by atoms with Crippen molar-refractivity contribution in [2.24, 2.45) is 0 Å². The van der Waals surface area contributed by atoms with E-state index in [1.54, 1.807) is 0 Å². The van der Waals surface area contributed by atoms with Gasteiger partial charge in [0.1, 0.15) is 0 Å². The number of aromatic nitrogens is 1. The van der Waals surface area contributed by atoms with E-state index in [2.05, 4.69) is 274 Å². The summed E-state index contributed by atoms with van der Waals surface area (Å²) < 4.78 is 2.43. The second kappa shape index (κ2) is 16.0. The van der Waals surface area contributed by atoms with Crippen LogP contribution in [0, 0.1) is 0 Å². The molecular weight excluding hydrogens is 753 g/mol. The van der Waals surface area contributed by atoms with E-state index in [-0.39, 0.29) is 0 Å². The van der Waals surface area contributed by atoms with Crippen molar-refractivity contribution in [3.8, 4) is 5.69 Å². The van der Waals surface area contributed by atoms with E-state index < -0.39 is 0 Å². The van der Waals surface area contributed by atoms with Gasteiger partial charge in [0.2, 0.25) is 0 Å². The maximum Gasteiger partial charge on any atom is 0.0542 e. The third kappa shape index (κ3) is 6.70. The van der Waals surface area contributed by atoms with Crippen molar-refractivity contribution >= 4 is 83.8 Å². The van der Waals surface area contributed by atoms with Gasteiger partial charge in [-0.2, -0.15) is 0 Å². The molecule has 0 aliphatic rings. The van der Waals surface area contributed by atoms with Crippen LogP contribution in [0.2, 0.25) is 0 Å². The monoisotopic (exact) mass is 794 g/mol. The van der Waals surface area contributed by atoms with Gasteiger partial charge in [-0.05, 0) is 121 Å². The summed E-state index contributed by atoms with van der Waals surface area (Å²) in [5, 5.41) is 4.84. The van der Waals surface area contributed by atoms with E-state index in [4.69, 9.17) is 0 Å². The lowest BCUT2D eigenvalue weighted by molar-refractivity contribution is 1.19. The van der Waals surface area contributed by atoms with E-state index in [1.807, 2.05) is 0 Å². The molecule has 0 saturated carbocycles. The lowest BCUT2D eigenvalue weighted by Gasteiger charge is -2.31. The third-order valence-electron chi connectivity index (χ3n) is 11.7. The first-order valence-corrected chi connectivity index (χ1v) is 21.1. The number of hydrogen-bond acceptors (Lipinski definition) is 3. The van der Waals surface area contributed by atoms with E-state index in [9.17, 15) is 0 Å². The maximum atomic E-state index is 2.43. The summed E-state index contributed by atoms with van der Waals surface area (Å²) in [7, 11) is 0. The summed E-state index contributed by atoms with van der Waals surface area (Å²) in [6.45, 7) is 0. The van der Waals surface area contributed by atoms with Crippen LogP contribution >= 0.6 is 0 Å². The van der Waals surface area contributed by atoms with Gasteiger partial charge in [0.15, 0.2) is 0 Å². The van der Waals surface area contributed by atoms with Crippen molar-refractivity contribution in [2.75, 3.05) is 14.7 Å². The summed E-state index contributed by atoms with van der Waals surface area (Å²) in [6, 6.07) is 91.2. The molecule has 11 aromatic rings. The third-order valence-corrected chi connectivity index (χ3v) is 11.7. The first-order chi connectivity index (χ1) is 30.8. The lowest BCUT2D eigenvalue weighted by atomic mass is 10.1. The molecule has 0 amide bonds. The van der Waals surface area contributed by atoms with Crippen LogP contribution in [0.15, 0.2) is 255 Å². The van der Waals surface area contributed by atoms with Crippen LogP contribution in [-0.4, -0.2) is 4.57 Å². The van der Waals surface area contributed by atoms with Crippen molar-refractivity contribution in [1.29, 1.82) is 0 Å². The fourth-order valence-electron chi connectivity index (χ4n) is 8.96. The number of benzene rings is 10. The highest BCUT2D eigenvalue weighted by Crippen LogP contribution is 2.45. The number of para-hydroxylation sites is 5. The average molecular weight is 795 g/mol. The molecule has 11 rings (SSSR count). The minimum absolute atomic E-state index is 1.04. The van der Waals surface area contributed by atoms with Crippen LogP contribution in [0.3, 0.4) is 0 Å². The Balaban J connectivity index is 1.13. The molecule has 294 valence electrons. The normalized spacial score (nSPS) is 11.2. The zero-order valence-corrected chi connectivity index (χ0v) is 34.0. The van der Waals surface area contributed by atoms with E-state index >= 15 is 0 Å². The van der Waals surface area contributed by atoms with Crippen molar-refractivity contribution in [2.45, 2.75) is 0 Å². The number of rotatable bonds is 10. The average Bonchev–Trinajstić information content (AvgIpc) is 3.67. The van der Waals surface area contributed by atoms with Gasteiger partial charge in [-0.25, -0.2) is 0 Å². The highest BCUT2D eigenvalue weighted by molar-refractivity contribution is 6.12. The first kappa shape index (κ1) is 36.7. The van der Waals surface area contributed by atoms with Crippen molar-refractivity contribution in [3.05, 3.63) is 255 Å². The van der Waals surface area contributed by atoms with Crippen molar-refractivity contribution in [1.82, 2.24) is 4.57 Å². The number of hydrogen-bond donors (Lipinski definition) is 0. The van der Waals surface area contributed by atoms with Gasteiger partial charge in [-0.1, -0.05) is 140 Å². The quantitative estimate of drug-likeness (QED) is 0.137. The van der Waals surface area contributed by atoms with Crippen LogP contribution in [0.5, 0.6) is 0 Å². The topological polar surface area (TPSA) is 14.7 Å². The Labute approximate surface area is 362 Å². The fraction of sp³-hybridized carbons (Fsp3) is 0. The zero-order chi connectivity index (χ0) is 41.2. The minimum Gasteiger partial charge on any atom is -0.310 e. The first-order valence-electron chi connectivity index (χ1n) is 21.1. The molecule has 4 nitrogen and oxygen atoms in total. The van der Waals surface area contributed by atoms with Crippen LogP contribution in [0.1, 0.15) is 0 Å². The van der Waals surface area contributed by atoms with Gasteiger partial charge in [0.25, 0.3) is 0 Å². The molecule has 1 aromatic heterocycles. The molecule has 0 N–H and O–H groups in total. The van der Waals surface area contributed by atoms with Crippen LogP contribution in [0.4, 0.5) is 51.2 Å². The Morgan fingerprint density at radius 1 is 0.226 bits per heavy atom. The molecule has 0 aliphatic heterocycles. The number of nitrogens with zero attached hydrogens (tertiary/aromatic N) is 4. The summed E-state index contributed by atoms with van der Waals surface area (Å²) in [5.41, 5.74) is 13.1. The van der Waals surface area contributed by atoms with E-state index in [1.165, 1.54) is 32.7 Å². The highest BCUT2D eigenvalue weighted by Gasteiger charge is 2.22. The molecule has 0 spiro atoms. The maximum absolute atomic E-state index is 2.43. The highest BCUT2D eigenvalue weighted by atomic mass is 15.2. The Kier molecular flexibility index (Phi) is 9.49. The van der Waals surface area contributed by atoms with Crippen molar-refractivity contribution in [3.63, 3.8) is 0 Å². The van der Waals surface area contributed by atoms with Crippen LogP contribution < -0.4 is 14.7 Å². The molecule has 0 bridgehead atoms.